The molecule has 0 aliphatic carbocycles. The molecule has 140 valence electrons. The Bertz CT molecular complexity index is 835. The van der Waals surface area contributed by atoms with E-state index in [0.29, 0.717) is 17.1 Å². The monoisotopic (exact) mass is 395 g/mol. The van der Waals surface area contributed by atoms with Gasteiger partial charge in [-0.1, -0.05) is 23.7 Å². The number of hydrogen-bond acceptors (Lipinski definition) is 4. The molecule has 0 radical (unpaired) electrons. The van der Waals surface area contributed by atoms with Crippen LogP contribution in [-0.2, 0) is 16.6 Å². The second kappa shape index (κ2) is 9.14. The summed E-state index contributed by atoms with van der Waals surface area (Å²) in [6, 6.07) is 12.8. The number of amides is 1. The molecule has 0 saturated carbocycles. The first-order valence-corrected chi connectivity index (χ1v) is 9.91. The van der Waals surface area contributed by atoms with Crippen LogP contribution in [0.3, 0.4) is 0 Å². The Labute approximate surface area is 159 Å². The van der Waals surface area contributed by atoms with Crippen molar-refractivity contribution in [3.63, 3.8) is 0 Å². The number of carbonyl (C=O) groups excluding carboxylic acids is 1. The summed E-state index contributed by atoms with van der Waals surface area (Å²) in [7, 11) is 0.178. The molecular formula is C18H22ClN3O3S. The molecule has 0 aliphatic rings. The van der Waals surface area contributed by atoms with E-state index in [4.69, 9.17) is 11.6 Å². The Morgan fingerprint density at radius 1 is 1.04 bits per heavy atom. The summed E-state index contributed by atoms with van der Waals surface area (Å²) in [5, 5.41) is 3.38. The Morgan fingerprint density at radius 2 is 1.65 bits per heavy atom. The lowest BCUT2D eigenvalue weighted by atomic mass is 10.2. The van der Waals surface area contributed by atoms with Crippen molar-refractivity contribution in [2.24, 2.45) is 0 Å². The molecule has 0 unspecified atom stereocenters. The summed E-state index contributed by atoms with van der Waals surface area (Å²) < 4.78 is 27.2. The maximum absolute atomic E-state index is 12.4. The summed E-state index contributed by atoms with van der Waals surface area (Å²) in [6.07, 6.45) is 0. The molecular weight excluding hydrogens is 374 g/mol. The van der Waals surface area contributed by atoms with Crippen LogP contribution < -0.4 is 10.0 Å². The topological polar surface area (TPSA) is 78.5 Å². The van der Waals surface area contributed by atoms with Gasteiger partial charge in [0.2, 0.25) is 10.0 Å². The van der Waals surface area contributed by atoms with Gasteiger partial charge in [-0.05, 0) is 56.1 Å². The van der Waals surface area contributed by atoms with Crippen molar-refractivity contribution in [3.05, 3.63) is 64.7 Å². The number of benzene rings is 2. The van der Waals surface area contributed by atoms with Gasteiger partial charge < -0.3 is 10.2 Å². The third-order valence-corrected chi connectivity index (χ3v) is 5.32. The lowest BCUT2D eigenvalue weighted by molar-refractivity contribution is 0.0951. The Morgan fingerprint density at radius 3 is 2.23 bits per heavy atom. The van der Waals surface area contributed by atoms with E-state index in [1.54, 1.807) is 24.3 Å². The minimum atomic E-state index is -3.66. The summed E-state index contributed by atoms with van der Waals surface area (Å²) in [5.41, 5.74) is 1.22. The molecule has 0 aromatic heterocycles. The predicted molar refractivity (Wildman–Crippen MR) is 103 cm³/mol. The number of halogens is 1. The van der Waals surface area contributed by atoms with E-state index in [9.17, 15) is 13.2 Å². The minimum Gasteiger partial charge on any atom is -0.351 e. The molecule has 8 heteroatoms. The van der Waals surface area contributed by atoms with Crippen molar-refractivity contribution in [2.75, 3.05) is 27.2 Å². The second-order valence-corrected chi connectivity index (χ2v) is 8.24. The maximum Gasteiger partial charge on any atom is 0.251 e. The number of rotatable bonds is 8. The molecule has 0 aliphatic heterocycles. The molecule has 0 fully saturated rings. The van der Waals surface area contributed by atoms with Gasteiger partial charge in [0.25, 0.3) is 5.91 Å². The number of nitrogens with zero attached hydrogens (tertiary/aromatic N) is 1. The van der Waals surface area contributed by atoms with Crippen molar-refractivity contribution in [2.45, 2.75) is 11.4 Å². The first-order valence-electron chi connectivity index (χ1n) is 8.05. The largest absolute Gasteiger partial charge is 0.351 e. The fourth-order valence-electron chi connectivity index (χ4n) is 2.14. The van der Waals surface area contributed by atoms with Crippen molar-refractivity contribution < 1.29 is 13.2 Å². The van der Waals surface area contributed by atoms with E-state index < -0.39 is 10.0 Å². The van der Waals surface area contributed by atoms with Gasteiger partial charge in [0.1, 0.15) is 0 Å². The summed E-state index contributed by atoms with van der Waals surface area (Å²) in [6.45, 7) is 1.41. The van der Waals surface area contributed by atoms with Crippen LogP contribution in [0.2, 0.25) is 5.02 Å². The lowest BCUT2D eigenvalue weighted by Crippen LogP contribution is -2.31. The van der Waals surface area contributed by atoms with Gasteiger partial charge in [0.05, 0.1) is 4.90 Å². The number of carbonyl (C=O) groups is 1. The molecule has 0 saturated heterocycles. The highest BCUT2D eigenvalue weighted by Gasteiger charge is 2.14. The fourth-order valence-corrected chi connectivity index (χ4v) is 3.29. The van der Waals surface area contributed by atoms with Gasteiger partial charge in [-0.25, -0.2) is 13.1 Å². The highest BCUT2D eigenvalue weighted by Crippen LogP contribution is 2.13. The van der Waals surface area contributed by atoms with Crippen LogP contribution in [0, 0.1) is 0 Å². The van der Waals surface area contributed by atoms with Gasteiger partial charge in [0.15, 0.2) is 0 Å². The first-order chi connectivity index (χ1) is 12.3. The SMILES string of the molecule is CN(C)CCNC(=O)c1ccc(S(=O)(=O)NCc2ccc(Cl)cc2)cc1. The number of hydrogen-bond donors (Lipinski definition) is 2. The van der Waals surface area contributed by atoms with Crippen molar-refractivity contribution >= 4 is 27.5 Å². The zero-order chi connectivity index (χ0) is 19.2. The van der Waals surface area contributed by atoms with E-state index in [0.717, 1.165) is 12.1 Å². The molecule has 0 spiro atoms. The Balaban J connectivity index is 1.97. The number of likely N-dealkylation sites (N-methyl/N-ethyl adjacent to an activating group) is 1. The molecule has 2 rings (SSSR count). The fraction of sp³-hybridized carbons (Fsp3) is 0.278. The standard InChI is InChI=1S/C18H22ClN3O3S/c1-22(2)12-11-20-18(23)15-5-9-17(10-6-15)26(24,25)21-13-14-3-7-16(19)8-4-14/h3-10,21H,11-13H2,1-2H3,(H,20,23). The van der Waals surface area contributed by atoms with E-state index >= 15 is 0 Å². The van der Waals surface area contributed by atoms with Gasteiger partial charge in [-0.3, -0.25) is 4.79 Å². The molecule has 0 atom stereocenters. The number of sulfonamides is 1. The molecule has 2 aromatic carbocycles. The average molecular weight is 396 g/mol. The van der Waals surface area contributed by atoms with Crippen LogP contribution >= 0.6 is 11.6 Å². The maximum atomic E-state index is 12.4. The van der Waals surface area contributed by atoms with Gasteiger partial charge in [0, 0.05) is 30.2 Å². The van der Waals surface area contributed by atoms with Gasteiger partial charge in [-0.2, -0.15) is 0 Å². The molecule has 26 heavy (non-hydrogen) atoms. The average Bonchev–Trinajstić information content (AvgIpc) is 2.61. The van der Waals surface area contributed by atoms with Crippen LogP contribution in [-0.4, -0.2) is 46.4 Å². The summed E-state index contributed by atoms with van der Waals surface area (Å²) in [5.74, 6) is -0.232. The molecule has 0 heterocycles. The van der Waals surface area contributed by atoms with Crippen LogP contribution in [0.1, 0.15) is 15.9 Å². The van der Waals surface area contributed by atoms with E-state index in [-0.39, 0.29) is 17.3 Å². The third kappa shape index (κ3) is 6.10. The predicted octanol–water partition coefficient (Wildman–Crippen LogP) is 2.11. The smallest absolute Gasteiger partial charge is 0.251 e. The summed E-state index contributed by atoms with van der Waals surface area (Å²) >= 11 is 5.81. The van der Waals surface area contributed by atoms with Gasteiger partial charge in [-0.15, -0.1) is 0 Å². The molecule has 2 N–H and O–H groups in total. The van der Waals surface area contributed by atoms with Crippen LogP contribution in [0.5, 0.6) is 0 Å². The van der Waals surface area contributed by atoms with E-state index in [2.05, 4.69) is 10.0 Å². The van der Waals surface area contributed by atoms with E-state index in [1.165, 1.54) is 24.3 Å². The first kappa shape index (κ1) is 20.4. The quantitative estimate of drug-likeness (QED) is 0.717. The van der Waals surface area contributed by atoms with Crippen molar-refractivity contribution in [1.82, 2.24) is 14.9 Å². The second-order valence-electron chi connectivity index (χ2n) is 6.03. The number of nitrogens with one attached hydrogen (secondary N) is 2. The van der Waals surface area contributed by atoms with Gasteiger partial charge >= 0.3 is 0 Å². The molecule has 1 amide bonds. The highest BCUT2D eigenvalue weighted by molar-refractivity contribution is 7.89. The van der Waals surface area contributed by atoms with Crippen molar-refractivity contribution in [3.8, 4) is 0 Å². The normalized spacial score (nSPS) is 11.5. The van der Waals surface area contributed by atoms with Crippen LogP contribution in [0.25, 0.3) is 0 Å². The Hall–Kier alpha value is -1.93. The van der Waals surface area contributed by atoms with Crippen molar-refractivity contribution in [1.29, 1.82) is 0 Å². The third-order valence-electron chi connectivity index (χ3n) is 3.65. The highest BCUT2D eigenvalue weighted by atomic mass is 35.5. The molecule has 6 nitrogen and oxygen atoms in total. The van der Waals surface area contributed by atoms with Crippen LogP contribution in [0.15, 0.2) is 53.4 Å². The van der Waals surface area contributed by atoms with Crippen LogP contribution in [0.4, 0.5) is 0 Å². The van der Waals surface area contributed by atoms with E-state index in [1.807, 2.05) is 19.0 Å². The Kier molecular flexibility index (Phi) is 7.16. The minimum absolute atomic E-state index is 0.108. The zero-order valence-corrected chi connectivity index (χ0v) is 16.3. The molecule has 0 bridgehead atoms. The lowest BCUT2D eigenvalue weighted by Gasteiger charge is -2.11. The zero-order valence-electron chi connectivity index (χ0n) is 14.7. The molecule has 2 aromatic rings. The summed E-state index contributed by atoms with van der Waals surface area (Å²) in [4.78, 5) is 14.1.